The number of esters is 1. The second-order valence-corrected chi connectivity index (χ2v) is 9.08. The van der Waals surface area contributed by atoms with Crippen LogP contribution in [0.1, 0.15) is 43.7 Å². The summed E-state index contributed by atoms with van der Waals surface area (Å²) >= 11 is 0. The Labute approximate surface area is 220 Å². The fraction of sp³-hybridized carbons (Fsp3) is 0.500. The molecule has 0 aliphatic heterocycles. The Morgan fingerprint density at radius 1 is 1.00 bits per heavy atom. The van der Waals surface area contributed by atoms with Crippen LogP contribution < -0.4 is 10.1 Å². The van der Waals surface area contributed by atoms with Crippen LogP contribution >= 0.6 is 0 Å². The summed E-state index contributed by atoms with van der Waals surface area (Å²) < 4.78 is 63.7. The number of hydrogen-bond acceptors (Lipinski definition) is 6. The van der Waals surface area contributed by atoms with E-state index in [1.807, 2.05) is 12.1 Å². The molecule has 1 fully saturated rings. The summed E-state index contributed by atoms with van der Waals surface area (Å²) in [6.07, 6.45) is -2.76. The topological polar surface area (TPSA) is 83.1 Å². The van der Waals surface area contributed by atoms with Gasteiger partial charge in [-0.15, -0.1) is 0 Å². The van der Waals surface area contributed by atoms with Crippen LogP contribution in [0.25, 0.3) is 0 Å². The summed E-state index contributed by atoms with van der Waals surface area (Å²) in [5.74, 6) is -0.966. The second kappa shape index (κ2) is 13.5. The fourth-order valence-electron chi connectivity index (χ4n) is 4.70. The smallest absolute Gasteiger partial charge is 0.432 e. The monoisotopic (exact) mass is 537 g/mol. The molecular formula is C28H34F3NO6. The second-order valence-electron chi connectivity index (χ2n) is 9.08. The molecule has 208 valence electrons. The predicted octanol–water partition coefficient (Wildman–Crippen LogP) is 5.56. The lowest BCUT2D eigenvalue weighted by Gasteiger charge is -2.37. The predicted molar refractivity (Wildman–Crippen MR) is 134 cm³/mol. The maximum absolute atomic E-state index is 14.3. The van der Waals surface area contributed by atoms with Crippen LogP contribution in [0.4, 0.5) is 18.0 Å². The summed E-state index contributed by atoms with van der Waals surface area (Å²) in [5, 5.41) is 2.57. The van der Waals surface area contributed by atoms with E-state index < -0.39 is 29.9 Å². The van der Waals surface area contributed by atoms with Crippen molar-refractivity contribution in [2.24, 2.45) is 5.92 Å². The van der Waals surface area contributed by atoms with Crippen molar-refractivity contribution in [3.05, 3.63) is 65.7 Å². The number of carbonyl (C=O) groups excluding carboxylic acids is 2. The number of nitrogens with one attached hydrogen (secondary N) is 1. The van der Waals surface area contributed by atoms with Gasteiger partial charge in [0, 0.05) is 12.7 Å². The molecule has 0 bridgehead atoms. The molecule has 0 heterocycles. The molecule has 1 amide bonds. The zero-order chi connectivity index (χ0) is 27.6. The van der Waals surface area contributed by atoms with Gasteiger partial charge in [-0.2, -0.15) is 13.2 Å². The zero-order valence-electron chi connectivity index (χ0n) is 21.6. The molecule has 0 spiro atoms. The largest absolute Gasteiger partial charge is 0.492 e. The lowest BCUT2D eigenvalue weighted by molar-refractivity contribution is -0.279. The van der Waals surface area contributed by atoms with E-state index in [0.717, 1.165) is 31.9 Å². The SMILES string of the molecule is CCOC(=O)NCCOc1ccc(C[C@@H]2CCCC[C@H]2OC(=O)[C@](OC)(c2ccccc2)C(F)(F)F)cc1. The highest BCUT2D eigenvalue weighted by Crippen LogP contribution is 2.44. The van der Waals surface area contributed by atoms with Crippen LogP contribution in [0, 0.1) is 5.92 Å². The molecular weight excluding hydrogens is 503 g/mol. The molecule has 0 radical (unpaired) electrons. The number of ether oxygens (including phenoxy) is 4. The van der Waals surface area contributed by atoms with Gasteiger partial charge in [0.1, 0.15) is 18.5 Å². The minimum Gasteiger partial charge on any atom is -0.492 e. The van der Waals surface area contributed by atoms with Gasteiger partial charge in [-0.3, -0.25) is 0 Å². The Hall–Kier alpha value is -3.27. The van der Waals surface area contributed by atoms with Crippen LogP contribution in [0.2, 0.25) is 0 Å². The Kier molecular flexibility index (Phi) is 10.4. The highest BCUT2D eigenvalue weighted by atomic mass is 19.4. The van der Waals surface area contributed by atoms with Crippen molar-refractivity contribution in [3.8, 4) is 5.75 Å². The molecule has 1 N–H and O–H groups in total. The number of halogens is 3. The van der Waals surface area contributed by atoms with E-state index in [2.05, 4.69) is 5.32 Å². The molecule has 10 heteroatoms. The number of hydrogen-bond donors (Lipinski definition) is 1. The first-order valence-corrected chi connectivity index (χ1v) is 12.7. The molecule has 0 saturated heterocycles. The van der Waals surface area contributed by atoms with Gasteiger partial charge in [0.15, 0.2) is 0 Å². The average molecular weight is 538 g/mol. The highest BCUT2D eigenvalue weighted by molar-refractivity contribution is 5.83. The maximum Gasteiger partial charge on any atom is 0.432 e. The molecule has 2 aromatic rings. The van der Waals surface area contributed by atoms with Crippen LogP contribution in [-0.4, -0.2) is 51.2 Å². The van der Waals surface area contributed by atoms with Gasteiger partial charge in [-0.1, -0.05) is 48.9 Å². The molecule has 1 aliphatic rings. The van der Waals surface area contributed by atoms with E-state index in [0.29, 0.717) is 25.1 Å². The van der Waals surface area contributed by atoms with Gasteiger partial charge >= 0.3 is 18.2 Å². The van der Waals surface area contributed by atoms with Crippen molar-refractivity contribution in [3.63, 3.8) is 0 Å². The lowest BCUT2D eigenvalue weighted by atomic mass is 9.82. The summed E-state index contributed by atoms with van der Waals surface area (Å²) in [6.45, 7) is 2.56. The molecule has 2 aromatic carbocycles. The maximum atomic E-state index is 14.3. The van der Waals surface area contributed by atoms with Gasteiger partial charge in [0.05, 0.1) is 13.2 Å². The summed E-state index contributed by atoms with van der Waals surface area (Å²) in [5.41, 5.74) is -2.57. The van der Waals surface area contributed by atoms with Crippen LogP contribution in [0.5, 0.6) is 5.75 Å². The van der Waals surface area contributed by atoms with E-state index in [1.165, 1.54) is 24.3 Å². The third-order valence-corrected chi connectivity index (χ3v) is 6.61. The number of alkyl carbamates (subject to hydrolysis) is 1. The molecule has 1 aliphatic carbocycles. The number of carbonyl (C=O) groups is 2. The van der Waals surface area contributed by atoms with Crippen LogP contribution in [0.15, 0.2) is 54.6 Å². The van der Waals surface area contributed by atoms with Crippen LogP contribution in [-0.2, 0) is 31.0 Å². The van der Waals surface area contributed by atoms with E-state index >= 15 is 0 Å². The summed E-state index contributed by atoms with van der Waals surface area (Å²) in [6, 6.07) is 14.2. The van der Waals surface area contributed by atoms with Gasteiger partial charge in [-0.25, -0.2) is 9.59 Å². The van der Waals surface area contributed by atoms with Gasteiger partial charge in [0.2, 0.25) is 0 Å². The third-order valence-electron chi connectivity index (χ3n) is 6.61. The van der Waals surface area contributed by atoms with Crippen molar-refractivity contribution < 1.29 is 41.7 Å². The number of methoxy groups -OCH3 is 1. The molecule has 1 saturated carbocycles. The van der Waals surface area contributed by atoms with Crippen molar-refractivity contribution in [1.29, 1.82) is 0 Å². The molecule has 0 aromatic heterocycles. The van der Waals surface area contributed by atoms with Crippen molar-refractivity contribution in [2.45, 2.75) is 56.9 Å². The number of benzene rings is 2. The van der Waals surface area contributed by atoms with Crippen molar-refractivity contribution >= 4 is 12.1 Å². The number of alkyl halides is 3. The fourth-order valence-corrected chi connectivity index (χ4v) is 4.70. The minimum absolute atomic E-state index is 0.133. The third kappa shape index (κ3) is 7.18. The first kappa shape index (κ1) is 29.3. The van der Waals surface area contributed by atoms with Crippen molar-refractivity contribution in [2.75, 3.05) is 26.9 Å². The Morgan fingerprint density at radius 3 is 2.32 bits per heavy atom. The quantitative estimate of drug-likeness (QED) is 0.299. The normalized spacial score (nSPS) is 19.2. The van der Waals surface area contributed by atoms with Crippen LogP contribution in [0.3, 0.4) is 0 Å². The van der Waals surface area contributed by atoms with Gasteiger partial charge in [0.25, 0.3) is 5.60 Å². The van der Waals surface area contributed by atoms with E-state index in [-0.39, 0.29) is 24.7 Å². The Balaban J connectivity index is 1.64. The summed E-state index contributed by atoms with van der Waals surface area (Å²) in [4.78, 5) is 24.4. The zero-order valence-corrected chi connectivity index (χ0v) is 21.6. The van der Waals surface area contributed by atoms with E-state index in [9.17, 15) is 22.8 Å². The number of rotatable bonds is 11. The first-order chi connectivity index (χ1) is 18.2. The molecule has 0 unspecified atom stereocenters. The minimum atomic E-state index is -5.01. The van der Waals surface area contributed by atoms with Gasteiger partial charge < -0.3 is 24.3 Å². The molecule has 7 nitrogen and oxygen atoms in total. The average Bonchev–Trinajstić information content (AvgIpc) is 2.89. The standard InChI is InChI=1S/C28H34F3NO6/c1-3-36-26(34)32-17-18-37-23-15-13-20(14-16-23)19-21-9-7-8-12-24(21)38-25(33)27(35-2,28(29,30)31)22-10-5-4-6-11-22/h4-6,10-11,13-16,21,24H,3,7-9,12,17-19H2,1-2H3,(H,32,34)/t21-,24+,27+/m0/s1. The molecule has 3 rings (SSSR count). The van der Waals surface area contributed by atoms with E-state index in [4.69, 9.17) is 18.9 Å². The van der Waals surface area contributed by atoms with Gasteiger partial charge in [-0.05, 0) is 56.2 Å². The van der Waals surface area contributed by atoms with E-state index in [1.54, 1.807) is 25.1 Å². The summed E-state index contributed by atoms with van der Waals surface area (Å²) in [7, 11) is 0.872. The van der Waals surface area contributed by atoms with Crippen molar-refractivity contribution in [1.82, 2.24) is 5.32 Å². The lowest BCUT2D eigenvalue weighted by Crippen LogP contribution is -2.53. The highest BCUT2D eigenvalue weighted by Gasteiger charge is 2.64. The Morgan fingerprint density at radius 2 is 1.68 bits per heavy atom. The number of amides is 1. The molecule has 38 heavy (non-hydrogen) atoms. The molecule has 3 atom stereocenters. The first-order valence-electron chi connectivity index (χ1n) is 12.7. The Bertz CT molecular complexity index is 1030.